The molecule has 1 fully saturated rings. The van der Waals surface area contributed by atoms with Gasteiger partial charge in [-0.3, -0.25) is 0 Å². The molecular formula is C11H22N2O2. The topological polar surface area (TPSA) is 75.3 Å². The van der Waals surface area contributed by atoms with Gasteiger partial charge in [0.15, 0.2) is 0 Å². The van der Waals surface area contributed by atoms with E-state index in [0.717, 1.165) is 19.3 Å². The van der Waals surface area contributed by atoms with Gasteiger partial charge in [-0.15, -0.1) is 0 Å². The van der Waals surface area contributed by atoms with Gasteiger partial charge in [0.1, 0.15) is 0 Å². The predicted octanol–water partition coefficient (Wildman–Crippen LogP) is 1.80. The van der Waals surface area contributed by atoms with E-state index in [9.17, 15) is 4.79 Å². The predicted molar refractivity (Wildman–Crippen MR) is 59.7 cm³/mol. The van der Waals surface area contributed by atoms with Crippen LogP contribution in [-0.2, 0) is 0 Å². The van der Waals surface area contributed by atoms with Gasteiger partial charge in [-0.2, -0.15) is 0 Å². The van der Waals surface area contributed by atoms with Crippen LogP contribution in [0.15, 0.2) is 0 Å². The number of carboxylic acid groups (broad SMARTS) is 1. The van der Waals surface area contributed by atoms with Gasteiger partial charge < -0.3 is 16.2 Å². The normalized spacial score (nSPS) is 34.8. The largest absolute Gasteiger partial charge is 0.465 e. The maximum absolute atomic E-state index is 10.4. The fourth-order valence-electron chi connectivity index (χ4n) is 3.13. The Hall–Kier alpha value is -0.770. The summed E-state index contributed by atoms with van der Waals surface area (Å²) in [6.07, 6.45) is 2.00. The van der Waals surface area contributed by atoms with Crippen LogP contribution < -0.4 is 11.1 Å². The van der Waals surface area contributed by atoms with Crippen molar-refractivity contribution in [2.75, 3.05) is 6.54 Å². The Labute approximate surface area is 91.2 Å². The molecule has 1 amide bonds. The highest BCUT2D eigenvalue weighted by molar-refractivity contribution is 5.64. The summed E-state index contributed by atoms with van der Waals surface area (Å²) in [4.78, 5) is 10.4. The van der Waals surface area contributed by atoms with E-state index in [1.165, 1.54) is 0 Å². The van der Waals surface area contributed by atoms with Crippen molar-refractivity contribution in [3.8, 4) is 0 Å². The lowest BCUT2D eigenvalue weighted by molar-refractivity contribution is 0.108. The first kappa shape index (κ1) is 12.3. The summed E-state index contributed by atoms with van der Waals surface area (Å²) in [7, 11) is 0. The first-order chi connectivity index (χ1) is 6.70. The standard InChI is InChI=1S/C11H22N2O2/c1-10(2)4-8(6-13-9(14)15)5-11(3,12)7-10/h8,13H,4-7,12H2,1-3H3,(H,14,15). The Morgan fingerprint density at radius 3 is 2.53 bits per heavy atom. The van der Waals surface area contributed by atoms with Crippen molar-refractivity contribution < 1.29 is 9.90 Å². The van der Waals surface area contributed by atoms with Gasteiger partial charge in [0.2, 0.25) is 0 Å². The van der Waals surface area contributed by atoms with Crippen LogP contribution in [0.25, 0.3) is 0 Å². The van der Waals surface area contributed by atoms with Gasteiger partial charge in [0.25, 0.3) is 0 Å². The molecular weight excluding hydrogens is 192 g/mol. The summed E-state index contributed by atoms with van der Waals surface area (Å²) in [6, 6.07) is 0. The highest BCUT2D eigenvalue weighted by atomic mass is 16.4. The minimum atomic E-state index is -0.947. The van der Waals surface area contributed by atoms with Crippen molar-refractivity contribution in [3.05, 3.63) is 0 Å². The second kappa shape index (κ2) is 4.00. The molecule has 0 bridgehead atoms. The molecule has 1 aliphatic rings. The number of hydrogen-bond acceptors (Lipinski definition) is 2. The van der Waals surface area contributed by atoms with Crippen LogP contribution in [0.5, 0.6) is 0 Å². The van der Waals surface area contributed by atoms with E-state index in [2.05, 4.69) is 26.1 Å². The van der Waals surface area contributed by atoms with Gasteiger partial charge in [-0.05, 0) is 37.5 Å². The summed E-state index contributed by atoms with van der Waals surface area (Å²) in [5.74, 6) is 0.361. The average Bonchev–Trinajstić information content (AvgIpc) is 1.94. The van der Waals surface area contributed by atoms with Crippen LogP contribution in [0.1, 0.15) is 40.0 Å². The molecule has 0 aromatic rings. The zero-order chi connectivity index (χ0) is 11.7. The molecule has 1 rings (SSSR count). The minimum Gasteiger partial charge on any atom is -0.465 e. The van der Waals surface area contributed by atoms with Gasteiger partial charge in [0.05, 0.1) is 0 Å². The number of carbonyl (C=O) groups is 1. The Morgan fingerprint density at radius 1 is 1.47 bits per heavy atom. The fraction of sp³-hybridized carbons (Fsp3) is 0.909. The average molecular weight is 214 g/mol. The van der Waals surface area contributed by atoms with Gasteiger partial charge in [0, 0.05) is 12.1 Å². The lowest BCUT2D eigenvalue weighted by Crippen LogP contribution is -2.49. The Bertz CT molecular complexity index is 233. The van der Waals surface area contributed by atoms with Gasteiger partial charge in [-0.25, -0.2) is 4.79 Å². The smallest absolute Gasteiger partial charge is 0.404 e. The minimum absolute atomic E-state index is 0.160. The van der Waals surface area contributed by atoms with Crippen molar-refractivity contribution in [1.82, 2.24) is 5.32 Å². The molecule has 0 radical (unpaired) electrons. The summed E-state index contributed by atoms with van der Waals surface area (Å²) < 4.78 is 0. The van der Waals surface area contributed by atoms with Crippen LogP contribution in [0, 0.1) is 11.3 Å². The Balaban J connectivity index is 2.55. The quantitative estimate of drug-likeness (QED) is 0.656. The van der Waals surface area contributed by atoms with Crippen molar-refractivity contribution in [1.29, 1.82) is 0 Å². The molecule has 0 aromatic heterocycles. The summed E-state index contributed by atoms with van der Waals surface area (Å²) >= 11 is 0. The third-order valence-electron chi connectivity index (χ3n) is 3.02. The molecule has 4 nitrogen and oxygen atoms in total. The van der Waals surface area contributed by atoms with E-state index in [1.54, 1.807) is 0 Å². The number of amides is 1. The molecule has 88 valence electrons. The second-order valence-corrected chi connectivity index (χ2v) is 5.96. The number of rotatable bonds is 2. The molecule has 4 N–H and O–H groups in total. The van der Waals surface area contributed by atoms with Crippen LogP contribution in [-0.4, -0.2) is 23.3 Å². The Morgan fingerprint density at radius 2 is 2.07 bits per heavy atom. The van der Waals surface area contributed by atoms with E-state index >= 15 is 0 Å². The molecule has 0 aromatic carbocycles. The summed E-state index contributed by atoms with van der Waals surface area (Å²) in [5, 5.41) is 11.0. The van der Waals surface area contributed by atoms with Gasteiger partial charge >= 0.3 is 6.09 Å². The van der Waals surface area contributed by atoms with Crippen molar-refractivity contribution >= 4 is 6.09 Å². The number of nitrogens with one attached hydrogen (secondary N) is 1. The molecule has 0 heterocycles. The molecule has 4 heteroatoms. The molecule has 0 aliphatic heterocycles. The van der Waals surface area contributed by atoms with E-state index < -0.39 is 6.09 Å². The Kier molecular flexibility index (Phi) is 3.28. The van der Waals surface area contributed by atoms with Crippen LogP contribution in [0.2, 0.25) is 0 Å². The van der Waals surface area contributed by atoms with Crippen LogP contribution in [0.3, 0.4) is 0 Å². The van der Waals surface area contributed by atoms with E-state index in [0.29, 0.717) is 12.5 Å². The van der Waals surface area contributed by atoms with Crippen LogP contribution in [0.4, 0.5) is 4.79 Å². The molecule has 2 atom stereocenters. The first-order valence-electron chi connectivity index (χ1n) is 5.46. The number of hydrogen-bond donors (Lipinski definition) is 3. The number of nitrogens with two attached hydrogens (primary N) is 1. The van der Waals surface area contributed by atoms with Crippen molar-refractivity contribution in [2.24, 2.45) is 17.1 Å². The monoisotopic (exact) mass is 214 g/mol. The molecule has 1 aliphatic carbocycles. The van der Waals surface area contributed by atoms with E-state index in [4.69, 9.17) is 10.8 Å². The first-order valence-corrected chi connectivity index (χ1v) is 5.46. The highest BCUT2D eigenvalue weighted by Crippen LogP contribution is 2.42. The molecule has 2 unspecified atom stereocenters. The highest BCUT2D eigenvalue weighted by Gasteiger charge is 2.38. The van der Waals surface area contributed by atoms with E-state index in [1.807, 2.05) is 0 Å². The SMILES string of the molecule is CC1(C)CC(CNC(=O)O)CC(C)(N)C1. The van der Waals surface area contributed by atoms with Crippen LogP contribution >= 0.6 is 0 Å². The second-order valence-electron chi connectivity index (χ2n) is 5.96. The molecule has 0 saturated heterocycles. The third-order valence-corrected chi connectivity index (χ3v) is 3.02. The van der Waals surface area contributed by atoms with Gasteiger partial charge in [-0.1, -0.05) is 13.8 Å². The molecule has 1 saturated carbocycles. The van der Waals surface area contributed by atoms with Crippen molar-refractivity contribution in [3.63, 3.8) is 0 Å². The lowest BCUT2D eigenvalue weighted by atomic mass is 9.65. The third kappa shape index (κ3) is 4.08. The lowest BCUT2D eigenvalue weighted by Gasteiger charge is -2.44. The fourth-order valence-corrected chi connectivity index (χ4v) is 3.13. The van der Waals surface area contributed by atoms with Crippen molar-refractivity contribution in [2.45, 2.75) is 45.6 Å². The maximum Gasteiger partial charge on any atom is 0.404 e. The zero-order valence-electron chi connectivity index (χ0n) is 9.84. The molecule has 0 spiro atoms. The maximum atomic E-state index is 10.4. The zero-order valence-corrected chi connectivity index (χ0v) is 9.84. The van der Waals surface area contributed by atoms with E-state index in [-0.39, 0.29) is 11.0 Å². The summed E-state index contributed by atoms with van der Waals surface area (Å²) in [6.45, 7) is 6.98. The molecule has 15 heavy (non-hydrogen) atoms. The summed E-state index contributed by atoms with van der Waals surface area (Å²) in [5.41, 5.74) is 6.23.